The summed E-state index contributed by atoms with van der Waals surface area (Å²) >= 11 is 0. The van der Waals surface area contributed by atoms with Gasteiger partial charge in [-0.15, -0.1) is 0 Å². The molecule has 0 aromatic carbocycles. The number of carbonyl (C=O) groups excluding carboxylic acids is 1. The molecule has 1 amide bonds. The predicted molar refractivity (Wildman–Crippen MR) is 76.9 cm³/mol. The Kier molecular flexibility index (Phi) is 3.35. The van der Waals surface area contributed by atoms with Crippen LogP contribution in [0.5, 0.6) is 0 Å². The molecule has 1 aromatic heterocycles. The van der Waals surface area contributed by atoms with Crippen molar-refractivity contribution >= 4 is 15.7 Å². The molecular weight excluding hydrogens is 292 g/mol. The third-order valence-corrected chi connectivity index (χ3v) is 7.02. The lowest BCUT2D eigenvalue weighted by atomic mass is 9.96. The second-order valence-corrected chi connectivity index (χ2v) is 8.53. The fraction of sp³-hybridized carbons (Fsp3) is 0.714. The number of nitrogens with zero attached hydrogens (tertiary/aromatic N) is 1. The number of hydrogen-bond donors (Lipinski definition) is 1. The van der Waals surface area contributed by atoms with Gasteiger partial charge in [0.25, 0.3) is 5.91 Å². The second kappa shape index (κ2) is 4.83. The van der Waals surface area contributed by atoms with Gasteiger partial charge in [0.1, 0.15) is 5.76 Å². The number of aryl methyl sites for hydroxylation is 1. The first-order valence-electron chi connectivity index (χ1n) is 7.33. The Labute approximate surface area is 124 Å². The van der Waals surface area contributed by atoms with Crippen LogP contribution >= 0.6 is 0 Å². The van der Waals surface area contributed by atoms with Gasteiger partial charge in [-0.05, 0) is 39.0 Å². The highest BCUT2D eigenvalue weighted by Gasteiger charge is 2.56. The maximum Gasteiger partial charge on any atom is 0.274 e. The molecule has 3 rings (SSSR count). The number of fused-ring (bicyclic) bond motifs is 1. The number of sulfone groups is 1. The third-order valence-electron chi connectivity index (χ3n) is 4.78. The Balaban J connectivity index is 1.77. The standard InChI is InChI=1S/C14H20N2O4S/c1-9(14(7-8-14)21(2,18)19)15-13(17)12-10-5-3-4-6-11(10)20-16-12/h9H,3-8H2,1-2H3,(H,15,17). The first-order valence-corrected chi connectivity index (χ1v) is 9.22. The monoisotopic (exact) mass is 312 g/mol. The molecule has 1 fully saturated rings. The summed E-state index contributed by atoms with van der Waals surface area (Å²) in [5.74, 6) is 0.465. The van der Waals surface area contributed by atoms with Gasteiger partial charge in [-0.25, -0.2) is 8.42 Å². The average molecular weight is 312 g/mol. The lowest BCUT2D eigenvalue weighted by Crippen LogP contribution is -2.46. The van der Waals surface area contributed by atoms with E-state index in [2.05, 4.69) is 10.5 Å². The first-order chi connectivity index (χ1) is 9.85. The molecule has 1 N–H and O–H groups in total. The Morgan fingerprint density at radius 2 is 2.00 bits per heavy atom. The topological polar surface area (TPSA) is 89.3 Å². The molecule has 1 heterocycles. The van der Waals surface area contributed by atoms with Crippen LogP contribution < -0.4 is 5.32 Å². The molecule has 7 heteroatoms. The van der Waals surface area contributed by atoms with Gasteiger partial charge in [0.15, 0.2) is 15.5 Å². The minimum Gasteiger partial charge on any atom is -0.360 e. The Morgan fingerprint density at radius 1 is 1.33 bits per heavy atom. The molecule has 21 heavy (non-hydrogen) atoms. The molecule has 1 aromatic rings. The molecule has 1 atom stereocenters. The normalized spacial score (nSPS) is 21.4. The van der Waals surface area contributed by atoms with E-state index < -0.39 is 20.6 Å². The molecule has 1 saturated carbocycles. The molecule has 0 bridgehead atoms. The first kappa shape index (κ1) is 14.6. The number of rotatable bonds is 4. The van der Waals surface area contributed by atoms with E-state index in [1.54, 1.807) is 6.92 Å². The predicted octanol–water partition coefficient (Wildman–Crippen LogP) is 1.25. The SMILES string of the molecule is CC(NC(=O)c1noc2c1CCCC2)C1(S(C)(=O)=O)CC1. The van der Waals surface area contributed by atoms with Gasteiger partial charge in [0, 0.05) is 24.3 Å². The quantitative estimate of drug-likeness (QED) is 0.903. The summed E-state index contributed by atoms with van der Waals surface area (Å²) < 4.78 is 28.2. The molecular formula is C14H20N2O4S. The van der Waals surface area contributed by atoms with Crippen molar-refractivity contribution < 1.29 is 17.7 Å². The largest absolute Gasteiger partial charge is 0.360 e. The van der Waals surface area contributed by atoms with Crippen molar-refractivity contribution in [1.29, 1.82) is 0 Å². The molecule has 2 aliphatic carbocycles. The van der Waals surface area contributed by atoms with Gasteiger partial charge in [-0.2, -0.15) is 0 Å². The molecule has 6 nitrogen and oxygen atoms in total. The fourth-order valence-electron chi connectivity index (χ4n) is 3.21. The summed E-state index contributed by atoms with van der Waals surface area (Å²) in [7, 11) is -3.18. The minimum atomic E-state index is -3.18. The highest BCUT2D eigenvalue weighted by molar-refractivity contribution is 7.92. The summed E-state index contributed by atoms with van der Waals surface area (Å²) in [5.41, 5.74) is 1.20. The van der Waals surface area contributed by atoms with Crippen molar-refractivity contribution in [3.63, 3.8) is 0 Å². The van der Waals surface area contributed by atoms with Crippen molar-refractivity contribution in [1.82, 2.24) is 10.5 Å². The van der Waals surface area contributed by atoms with E-state index in [-0.39, 0.29) is 5.91 Å². The Bertz CT molecular complexity index is 673. The van der Waals surface area contributed by atoms with Crippen molar-refractivity contribution in [2.24, 2.45) is 0 Å². The molecule has 0 saturated heterocycles. The highest BCUT2D eigenvalue weighted by Crippen LogP contribution is 2.46. The zero-order valence-electron chi connectivity index (χ0n) is 12.3. The van der Waals surface area contributed by atoms with Crippen LogP contribution in [0.15, 0.2) is 4.52 Å². The van der Waals surface area contributed by atoms with Crippen molar-refractivity contribution in [2.45, 2.75) is 56.2 Å². The number of aromatic nitrogens is 1. The Morgan fingerprint density at radius 3 is 2.62 bits per heavy atom. The zero-order chi connectivity index (χ0) is 15.3. The third kappa shape index (κ3) is 2.37. The minimum absolute atomic E-state index is 0.320. The van der Waals surface area contributed by atoms with E-state index in [9.17, 15) is 13.2 Å². The summed E-state index contributed by atoms with van der Waals surface area (Å²) in [5, 5.41) is 6.68. The highest BCUT2D eigenvalue weighted by atomic mass is 32.2. The average Bonchev–Trinajstić information content (AvgIpc) is 3.13. The van der Waals surface area contributed by atoms with Gasteiger partial charge < -0.3 is 9.84 Å². The smallest absolute Gasteiger partial charge is 0.274 e. The van der Waals surface area contributed by atoms with E-state index in [1.807, 2.05) is 0 Å². The number of amides is 1. The summed E-state index contributed by atoms with van der Waals surface area (Å²) in [6.45, 7) is 1.75. The molecule has 2 aliphatic rings. The van der Waals surface area contributed by atoms with Crippen molar-refractivity contribution in [2.75, 3.05) is 6.26 Å². The van der Waals surface area contributed by atoms with Crippen LogP contribution in [0.1, 0.15) is 54.4 Å². The molecule has 0 radical (unpaired) electrons. The molecule has 116 valence electrons. The van der Waals surface area contributed by atoms with Crippen LogP contribution in [0, 0.1) is 0 Å². The van der Waals surface area contributed by atoms with E-state index in [4.69, 9.17) is 4.52 Å². The molecule has 1 unspecified atom stereocenters. The van der Waals surface area contributed by atoms with Gasteiger partial charge in [-0.1, -0.05) is 5.16 Å². The van der Waals surface area contributed by atoms with Crippen LogP contribution in [0.25, 0.3) is 0 Å². The van der Waals surface area contributed by atoms with Gasteiger partial charge in [0.2, 0.25) is 0 Å². The van der Waals surface area contributed by atoms with Gasteiger partial charge >= 0.3 is 0 Å². The summed E-state index contributed by atoms with van der Waals surface area (Å²) in [6, 6.07) is -0.420. The van der Waals surface area contributed by atoms with E-state index >= 15 is 0 Å². The number of hydrogen-bond acceptors (Lipinski definition) is 5. The van der Waals surface area contributed by atoms with E-state index in [0.29, 0.717) is 18.5 Å². The van der Waals surface area contributed by atoms with Crippen molar-refractivity contribution in [3.05, 3.63) is 17.0 Å². The van der Waals surface area contributed by atoms with E-state index in [0.717, 1.165) is 37.0 Å². The number of carbonyl (C=O) groups is 1. The van der Waals surface area contributed by atoms with Crippen LogP contribution in [0.2, 0.25) is 0 Å². The van der Waals surface area contributed by atoms with Gasteiger partial charge in [0.05, 0.1) is 4.75 Å². The molecule has 0 aliphatic heterocycles. The maximum atomic E-state index is 12.4. The van der Waals surface area contributed by atoms with Crippen LogP contribution in [0.3, 0.4) is 0 Å². The number of nitrogens with one attached hydrogen (secondary N) is 1. The van der Waals surface area contributed by atoms with Crippen molar-refractivity contribution in [3.8, 4) is 0 Å². The second-order valence-electron chi connectivity index (χ2n) is 6.17. The summed E-state index contributed by atoms with van der Waals surface area (Å²) in [6.07, 6.45) is 6.13. The van der Waals surface area contributed by atoms with Gasteiger partial charge in [-0.3, -0.25) is 4.79 Å². The van der Waals surface area contributed by atoms with E-state index in [1.165, 1.54) is 6.26 Å². The Hall–Kier alpha value is -1.37. The zero-order valence-corrected chi connectivity index (χ0v) is 13.1. The maximum absolute atomic E-state index is 12.4. The van der Waals surface area contributed by atoms with Crippen LogP contribution in [-0.2, 0) is 22.7 Å². The lowest BCUT2D eigenvalue weighted by Gasteiger charge is -2.22. The fourth-order valence-corrected chi connectivity index (χ4v) is 4.75. The lowest BCUT2D eigenvalue weighted by molar-refractivity contribution is 0.0928. The molecule has 0 spiro atoms. The van der Waals surface area contributed by atoms with Crippen LogP contribution in [0.4, 0.5) is 0 Å². The summed E-state index contributed by atoms with van der Waals surface area (Å²) in [4.78, 5) is 12.4. The van der Waals surface area contributed by atoms with Crippen LogP contribution in [-0.4, -0.2) is 36.5 Å².